The lowest BCUT2D eigenvalue weighted by Gasteiger charge is -2.16. The second kappa shape index (κ2) is 15.8. The summed E-state index contributed by atoms with van der Waals surface area (Å²) in [4.78, 5) is 22.7. The fraction of sp³-hybridized carbons (Fsp3) is 0.895. The van der Waals surface area contributed by atoms with E-state index in [2.05, 4.69) is 13.8 Å². The van der Waals surface area contributed by atoms with E-state index in [1.807, 2.05) is 0 Å². The van der Waals surface area contributed by atoms with Gasteiger partial charge in [-0.05, 0) is 19.3 Å². The van der Waals surface area contributed by atoms with E-state index in [0.717, 1.165) is 38.5 Å². The second-order valence-electron chi connectivity index (χ2n) is 6.43. The topological polar surface area (TPSA) is 63.6 Å². The third-order valence-electron chi connectivity index (χ3n) is 4.06. The van der Waals surface area contributed by atoms with Gasteiger partial charge in [0, 0.05) is 6.42 Å². The fourth-order valence-electron chi connectivity index (χ4n) is 2.67. The van der Waals surface area contributed by atoms with Crippen molar-refractivity contribution in [3.05, 3.63) is 0 Å². The molecule has 1 unspecified atom stereocenters. The Labute approximate surface area is 142 Å². The summed E-state index contributed by atoms with van der Waals surface area (Å²) in [6.45, 7) is 4.33. The number of hydrogen-bond acceptors (Lipinski definition) is 3. The quantitative estimate of drug-likeness (QED) is 0.301. The molecule has 0 rings (SSSR count). The number of aliphatic carboxylic acids is 1. The summed E-state index contributed by atoms with van der Waals surface area (Å²) in [5, 5.41) is 8.95. The maximum absolute atomic E-state index is 11.8. The van der Waals surface area contributed by atoms with Gasteiger partial charge in [0.2, 0.25) is 0 Å². The Kier molecular flexibility index (Phi) is 15.1. The van der Waals surface area contributed by atoms with Crippen LogP contribution in [0.25, 0.3) is 0 Å². The third-order valence-corrected chi connectivity index (χ3v) is 4.06. The van der Waals surface area contributed by atoms with Gasteiger partial charge in [0.25, 0.3) is 0 Å². The molecule has 0 aliphatic heterocycles. The molecule has 0 spiro atoms. The monoisotopic (exact) mass is 328 g/mol. The van der Waals surface area contributed by atoms with E-state index in [4.69, 9.17) is 9.84 Å². The van der Waals surface area contributed by atoms with Crippen molar-refractivity contribution in [1.82, 2.24) is 0 Å². The van der Waals surface area contributed by atoms with Crippen molar-refractivity contribution in [2.75, 3.05) is 0 Å². The van der Waals surface area contributed by atoms with E-state index >= 15 is 0 Å². The molecule has 0 heterocycles. The van der Waals surface area contributed by atoms with Crippen LogP contribution in [0, 0.1) is 0 Å². The summed E-state index contributed by atoms with van der Waals surface area (Å²) in [5.74, 6) is -1.13. The van der Waals surface area contributed by atoms with Crippen LogP contribution < -0.4 is 0 Å². The Hall–Kier alpha value is -1.06. The normalized spacial score (nSPS) is 12.1. The molecule has 0 radical (unpaired) electrons. The van der Waals surface area contributed by atoms with Gasteiger partial charge in [0.1, 0.15) is 6.10 Å². The number of unbranched alkanes of at least 4 members (excludes halogenated alkanes) is 9. The zero-order valence-corrected chi connectivity index (χ0v) is 15.1. The van der Waals surface area contributed by atoms with Crippen LogP contribution in [0.15, 0.2) is 0 Å². The van der Waals surface area contributed by atoms with Crippen LogP contribution in [-0.4, -0.2) is 23.1 Å². The summed E-state index contributed by atoms with van der Waals surface area (Å²) >= 11 is 0. The van der Waals surface area contributed by atoms with Crippen molar-refractivity contribution >= 4 is 11.9 Å². The van der Waals surface area contributed by atoms with E-state index in [1.54, 1.807) is 0 Å². The lowest BCUT2D eigenvalue weighted by atomic mass is 10.0. The molecular formula is C19H36O4. The van der Waals surface area contributed by atoms with Crippen molar-refractivity contribution < 1.29 is 19.4 Å². The molecule has 0 saturated heterocycles. The van der Waals surface area contributed by atoms with Gasteiger partial charge >= 0.3 is 11.9 Å². The lowest BCUT2D eigenvalue weighted by molar-refractivity contribution is -0.153. The maximum atomic E-state index is 11.8. The van der Waals surface area contributed by atoms with Crippen LogP contribution >= 0.6 is 0 Å². The number of esters is 1. The molecule has 0 aliphatic carbocycles. The molecule has 1 atom stereocenters. The van der Waals surface area contributed by atoms with Crippen LogP contribution in [0.2, 0.25) is 0 Å². The molecule has 0 aliphatic rings. The number of carboxylic acids is 1. The van der Waals surface area contributed by atoms with Crippen molar-refractivity contribution in [3.8, 4) is 0 Å². The Bertz CT molecular complexity index is 302. The van der Waals surface area contributed by atoms with Crippen LogP contribution in [0.5, 0.6) is 0 Å². The predicted octanol–water partition coefficient (Wildman–Crippen LogP) is 5.48. The number of carbonyl (C=O) groups excluding carboxylic acids is 1. The molecule has 0 bridgehead atoms. The fourth-order valence-corrected chi connectivity index (χ4v) is 2.67. The van der Waals surface area contributed by atoms with Crippen LogP contribution in [0.1, 0.15) is 104 Å². The molecule has 23 heavy (non-hydrogen) atoms. The minimum Gasteiger partial charge on any atom is -0.481 e. The highest BCUT2D eigenvalue weighted by Crippen LogP contribution is 2.15. The molecule has 0 aromatic heterocycles. The number of carboxylic acid groups (broad SMARTS) is 1. The molecule has 1 N–H and O–H groups in total. The Morgan fingerprint density at radius 1 is 0.826 bits per heavy atom. The number of rotatable bonds is 16. The van der Waals surface area contributed by atoms with Gasteiger partial charge < -0.3 is 9.84 Å². The van der Waals surface area contributed by atoms with E-state index in [9.17, 15) is 9.59 Å². The Morgan fingerprint density at radius 2 is 1.35 bits per heavy atom. The average molecular weight is 328 g/mol. The first-order valence-electron chi connectivity index (χ1n) is 9.51. The first kappa shape index (κ1) is 21.9. The summed E-state index contributed by atoms with van der Waals surface area (Å²) in [5.41, 5.74) is 0. The van der Waals surface area contributed by atoms with Gasteiger partial charge in [-0.3, -0.25) is 9.59 Å². The van der Waals surface area contributed by atoms with E-state index in [0.29, 0.717) is 12.8 Å². The van der Waals surface area contributed by atoms with Crippen molar-refractivity contribution in [1.29, 1.82) is 0 Å². The van der Waals surface area contributed by atoms with Gasteiger partial charge in [-0.15, -0.1) is 0 Å². The second-order valence-corrected chi connectivity index (χ2v) is 6.43. The minimum absolute atomic E-state index is 0.0729. The average Bonchev–Trinajstić information content (AvgIpc) is 2.50. The summed E-state index contributed by atoms with van der Waals surface area (Å²) in [6.07, 6.45) is 13.0. The van der Waals surface area contributed by atoms with Crippen molar-refractivity contribution in [3.63, 3.8) is 0 Å². The van der Waals surface area contributed by atoms with Crippen LogP contribution in [0.4, 0.5) is 0 Å². The van der Waals surface area contributed by atoms with Gasteiger partial charge in [0.05, 0.1) is 6.42 Å². The number of hydrogen-bond donors (Lipinski definition) is 1. The summed E-state index contributed by atoms with van der Waals surface area (Å²) in [7, 11) is 0. The van der Waals surface area contributed by atoms with Gasteiger partial charge in [0.15, 0.2) is 0 Å². The highest BCUT2D eigenvalue weighted by atomic mass is 16.5. The Balaban J connectivity index is 3.87. The van der Waals surface area contributed by atoms with E-state index < -0.39 is 12.1 Å². The van der Waals surface area contributed by atoms with Gasteiger partial charge in [-0.1, -0.05) is 71.6 Å². The first-order valence-corrected chi connectivity index (χ1v) is 9.51. The molecule has 0 aromatic rings. The number of ether oxygens (including phenoxy) is 1. The lowest BCUT2D eigenvalue weighted by Crippen LogP contribution is -2.21. The van der Waals surface area contributed by atoms with Gasteiger partial charge in [-0.2, -0.15) is 0 Å². The zero-order valence-electron chi connectivity index (χ0n) is 15.1. The molecule has 4 heteroatoms. The van der Waals surface area contributed by atoms with Gasteiger partial charge in [-0.25, -0.2) is 0 Å². The van der Waals surface area contributed by atoms with E-state index in [-0.39, 0.29) is 12.4 Å². The predicted molar refractivity (Wildman–Crippen MR) is 93.5 cm³/mol. The highest BCUT2D eigenvalue weighted by molar-refractivity contribution is 5.71. The molecule has 0 saturated carbocycles. The Morgan fingerprint density at radius 3 is 1.91 bits per heavy atom. The highest BCUT2D eigenvalue weighted by Gasteiger charge is 2.17. The summed E-state index contributed by atoms with van der Waals surface area (Å²) in [6, 6.07) is 0. The molecule has 136 valence electrons. The van der Waals surface area contributed by atoms with E-state index in [1.165, 1.54) is 32.1 Å². The minimum atomic E-state index is -0.892. The van der Waals surface area contributed by atoms with Crippen molar-refractivity contribution in [2.45, 2.75) is 110 Å². The molecule has 0 aromatic carbocycles. The first-order chi connectivity index (χ1) is 11.1. The maximum Gasteiger partial charge on any atom is 0.307 e. The van der Waals surface area contributed by atoms with Crippen LogP contribution in [0.3, 0.4) is 0 Å². The standard InChI is InChI=1S/C19H36O4/c1-3-5-7-9-10-11-12-14-17(16-18(20)21)23-19(22)15-13-8-6-4-2/h17H,3-16H2,1-2H3,(H,20,21). The van der Waals surface area contributed by atoms with Crippen molar-refractivity contribution in [2.24, 2.45) is 0 Å². The van der Waals surface area contributed by atoms with Crippen LogP contribution in [-0.2, 0) is 14.3 Å². The SMILES string of the molecule is CCCCCCCCCC(CC(=O)O)OC(=O)CCCCCC. The molecule has 4 nitrogen and oxygen atoms in total. The molecular weight excluding hydrogens is 292 g/mol. The number of carbonyl (C=O) groups is 2. The summed E-state index contributed by atoms with van der Waals surface area (Å²) < 4.78 is 5.37. The molecule has 0 amide bonds. The zero-order chi connectivity index (χ0) is 17.3. The molecule has 0 fully saturated rings. The smallest absolute Gasteiger partial charge is 0.307 e. The largest absolute Gasteiger partial charge is 0.481 e. The third kappa shape index (κ3) is 15.6.